The predicted octanol–water partition coefficient (Wildman–Crippen LogP) is 2.69. The first-order valence-electron chi connectivity index (χ1n) is 6.40. The van der Waals surface area contributed by atoms with Crippen molar-refractivity contribution in [3.63, 3.8) is 0 Å². The molecule has 6 heteroatoms. The van der Waals surface area contributed by atoms with Gasteiger partial charge in [-0.25, -0.2) is 0 Å². The van der Waals surface area contributed by atoms with Crippen molar-refractivity contribution >= 4 is 23.1 Å². The van der Waals surface area contributed by atoms with Crippen molar-refractivity contribution in [1.82, 2.24) is 15.5 Å². The van der Waals surface area contributed by atoms with Crippen LogP contribution in [-0.2, 0) is 0 Å². The molecular formula is C14H18N4OS. The van der Waals surface area contributed by atoms with E-state index in [1.54, 1.807) is 30.5 Å². The Balaban J connectivity index is 2.08. The van der Waals surface area contributed by atoms with E-state index in [0.29, 0.717) is 11.5 Å². The Bertz CT molecular complexity index is 606. The van der Waals surface area contributed by atoms with Crippen LogP contribution in [0.3, 0.4) is 0 Å². The molecule has 0 aliphatic heterocycles. The molecule has 106 valence electrons. The van der Waals surface area contributed by atoms with Crippen molar-refractivity contribution in [2.75, 3.05) is 12.4 Å². The van der Waals surface area contributed by atoms with Crippen LogP contribution in [0.15, 0.2) is 18.2 Å². The Morgan fingerprint density at radius 2 is 2.05 bits per heavy atom. The first kappa shape index (κ1) is 14.5. The molecular weight excluding hydrogens is 272 g/mol. The third-order valence-corrected chi connectivity index (χ3v) is 4.03. The average Bonchev–Trinajstić information content (AvgIpc) is 2.78. The van der Waals surface area contributed by atoms with Gasteiger partial charge in [-0.1, -0.05) is 0 Å². The second-order valence-electron chi connectivity index (χ2n) is 4.62. The number of aromatic nitrogens is 2. The van der Waals surface area contributed by atoms with E-state index in [9.17, 15) is 4.79 Å². The zero-order valence-corrected chi connectivity index (χ0v) is 12.8. The van der Waals surface area contributed by atoms with Crippen LogP contribution >= 0.6 is 11.3 Å². The van der Waals surface area contributed by atoms with Gasteiger partial charge >= 0.3 is 0 Å². The van der Waals surface area contributed by atoms with E-state index in [2.05, 4.69) is 40.7 Å². The Morgan fingerprint density at radius 1 is 1.30 bits per heavy atom. The standard InChI is InChI=1S/C14H18N4OS/c1-8-7-11(10(3)20-8)9(2)16-14(19)12-5-6-13(15-4)18-17-12/h5-7,9H,1-4H3,(H,15,18)(H,16,19). The van der Waals surface area contributed by atoms with Crippen molar-refractivity contribution in [1.29, 1.82) is 0 Å². The Labute approximate surface area is 122 Å². The number of aryl methyl sites for hydroxylation is 2. The quantitative estimate of drug-likeness (QED) is 0.908. The van der Waals surface area contributed by atoms with Crippen LogP contribution in [-0.4, -0.2) is 23.2 Å². The topological polar surface area (TPSA) is 66.9 Å². The zero-order chi connectivity index (χ0) is 14.7. The van der Waals surface area contributed by atoms with Crippen LogP contribution in [0.4, 0.5) is 5.82 Å². The van der Waals surface area contributed by atoms with Gasteiger partial charge in [0, 0.05) is 16.8 Å². The van der Waals surface area contributed by atoms with Crippen LogP contribution in [0.1, 0.15) is 38.8 Å². The van der Waals surface area contributed by atoms with Crippen molar-refractivity contribution in [3.8, 4) is 0 Å². The van der Waals surface area contributed by atoms with E-state index in [-0.39, 0.29) is 11.9 Å². The number of rotatable bonds is 4. The van der Waals surface area contributed by atoms with Crippen molar-refractivity contribution in [3.05, 3.63) is 39.2 Å². The lowest BCUT2D eigenvalue weighted by molar-refractivity contribution is 0.0934. The highest BCUT2D eigenvalue weighted by Gasteiger charge is 2.16. The lowest BCUT2D eigenvalue weighted by Crippen LogP contribution is -2.27. The summed E-state index contributed by atoms with van der Waals surface area (Å²) in [6.45, 7) is 6.11. The van der Waals surface area contributed by atoms with Crippen LogP contribution in [0.25, 0.3) is 0 Å². The fourth-order valence-corrected chi connectivity index (χ4v) is 3.04. The number of anilines is 1. The molecule has 0 bridgehead atoms. The van der Waals surface area contributed by atoms with Crippen LogP contribution in [0, 0.1) is 13.8 Å². The monoisotopic (exact) mass is 290 g/mol. The smallest absolute Gasteiger partial charge is 0.272 e. The molecule has 1 unspecified atom stereocenters. The highest BCUT2D eigenvalue weighted by molar-refractivity contribution is 7.12. The molecule has 0 radical (unpaired) electrons. The van der Waals surface area contributed by atoms with Crippen LogP contribution < -0.4 is 10.6 Å². The molecule has 0 aliphatic rings. The molecule has 0 fully saturated rings. The minimum Gasteiger partial charge on any atom is -0.372 e. The molecule has 5 nitrogen and oxygen atoms in total. The minimum atomic E-state index is -0.212. The Morgan fingerprint density at radius 3 is 2.55 bits per heavy atom. The fourth-order valence-electron chi connectivity index (χ4n) is 2.02. The van der Waals surface area contributed by atoms with Gasteiger partial charge in [0.2, 0.25) is 0 Å². The first-order chi connectivity index (χ1) is 9.51. The van der Waals surface area contributed by atoms with Crippen LogP contribution in [0.5, 0.6) is 0 Å². The molecule has 2 rings (SSSR count). The van der Waals surface area contributed by atoms with E-state index in [4.69, 9.17) is 0 Å². The lowest BCUT2D eigenvalue weighted by atomic mass is 10.1. The molecule has 20 heavy (non-hydrogen) atoms. The van der Waals surface area contributed by atoms with Gasteiger partial charge < -0.3 is 10.6 Å². The van der Waals surface area contributed by atoms with E-state index >= 15 is 0 Å². The lowest BCUT2D eigenvalue weighted by Gasteiger charge is -2.13. The van der Waals surface area contributed by atoms with Crippen molar-refractivity contribution in [2.45, 2.75) is 26.8 Å². The minimum absolute atomic E-state index is 0.0433. The van der Waals surface area contributed by atoms with E-state index in [1.165, 1.54) is 9.75 Å². The van der Waals surface area contributed by atoms with Crippen molar-refractivity contribution in [2.24, 2.45) is 0 Å². The summed E-state index contributed by atoms with van der Waals surface area (Å²) >= 11 is 1.74. The maximum atomic E-state index is 12.1. The fraction of sp³-hybridized carbons (Fsp3) is 0.357. The van der Waals surface area contributed by atoms with Gasteiger partial charge in [0.05, 0.1) is 6.04 Å². The molecule has 2 aromatic heterocycles. The van der Waals surface area contributed by atoms with Gasteiger partial charge in [0.25, 0.3) is 5.91 Å². The molecule has 2 aromatic rings. The van der Waals surface area contributed by atoms with E-state index in [1.807, 2.05) is 6.92 Å². The summed E-state index contributed by atoms with van der Waals surface area (Å²) in [5.74, 6) is 0.426. The van der Waals surface area contributed by atoms with Gasteiger partial charge in [-0.15, -0.1) is 21.5 Å². The highest BCUT2D eigenvalue weighted by atomic mass is 32.1. The SMILES string of the molecule is CNc1ccc(C(=O)NC(C)c2cc(C)sc2C)nn1. The number of thiophene rings is 1. The number of carbonyl (C=O) groups is 1. The first-order valence-corrected chi connectivity index (χ1v) is 7.22. The summed E-state index contributed by atoms with van der Waals surface area (Å²) in [4.78, 5) is 14.6. The molecule has 2 N–H and O–H groups in total. The summed E-state index contributed by atoms with van der Waals surface area (Å²) in [5.41, 5.74) is 1.47. The summed E-state index contributed by atoms with van der Waals surface area (Å²) in [6, 6.07) is 5.46. The highest BCUT2D eigenvalue weighted by Crippen LogP contribution is 2.26. The summed E-state index contributed by atoms with van der Waals surface area (Å²) < 4.78 is 0. The molecule has 0 saturated heterocycles. The maximum Gasteiger partial charge on any atom is 0.272 e. The van der Waals surface area contributed by atoms with E-state index in [0.717, 1.165) is 5.56 Å². The zero-order valence-electron chi connectivity index (χ0n) is 12.0. The normalized spacial score (nSPS) is 12.0. The molecule has 0 saturated carbocycles. The number of carbonyl (C=O) groups excluding carboxylic acids is 1. The van der Waals surface area contributed by atoms with Crippen molar-refractivity contribution < 1.29 is 4.79 Å². The third-order valence-electron chi connectivity index (χ3n) is 3.05. The third kappa shape index (κ3) is 3.14. The van der Waals surface area contributed by atoms with Gasteiger partial charge in [0.15, 0.2) is 5.69 Å². The number of nitrogens with one attached hydrogen (secondary N) is 2. The summed E-state index contributed by atoms with van der Waals surface area (Å²) in [5, 5.41) is 13.6. The van der Waals surface area contributed by atoms with Gasteiger partial charge in [-0.2, -0.15) is 0 Å². The van der Waals surface area contributed by atoms with Gasteiger partial charge in [-0.05, 0) is 44.5 Å². The number of hydrogen-bond donors (Lipinski definition) is 2. The molecule has 1 atom stereocenters. The number of hydrogen-bond acceptors (Lipinski definition) is 5. The Kier molecular flexibility index (Phi) is 4.34. The molecule has 1 amide bonds. The van der Waals surface area contributed by atoms with Crippen LogP contribution in [0.2, 0.25) is 0 Å². The molecule has 0 aliphatic carbocycles. The average molecular weight is 290 g/mol. The predicted molar refractivity (Wildman–Crippen MR) is 81.3 cm³/mol. The maximum absolute atomic E-state index is 12.1. The van der Waals surface area contributed by atoms with E-state index < -0.39 is 0 Å². The Hall–Kier alpha value is -1.95. The molecule has 0 spiro atoms. The second kappa shape index (κ2) is 6.00. The summed E-state index contributed by atoms with van der Waals surface area (Å²) in [7, 11) is 1.76. The largest absolute Gasteiger partial charge is 0.372 e. The number of nitrogens with zero attached hydrogens (tertiary/aromatic N) is 2. The second-order valence-corrected chi connectivity index (χ2v) is 6.08. The molecule has 2 heterocycles. The summed E-state index contributed by atoms with van der Waals surface area (Å²) in [6.07, 6.45) is 0. The van der Waals surface area contributed by atoms with Gasteiger partial charge in [-0.3, -0.25) is 4.79 Å². The van der Waals surface area contributed by atoms with Gasteiger partial charge in [0.1, 0.15) is 5.82 Å². The number of amides is 1. The molecule has 0 aromatic carbocycles.